The Kier molecular flexibility index (Phi) is 4.84. The Balaban J connectivity index is 2.17. The van der Waals surface area contributed by atoms with E-state index in [0.29, 0.717) is 19.1 Å². The summed E-state index contributed by atoms with van der Waals surface area (Å²) >= 11 is 0. The van der Waals surface area contributed by atoms with E-state index in [1.807, 2.05) is 0 Å². The van der Waals surface area contributed by atoms with Gasteiger partial charge in [0, 0.05) is 6.54 Å². The molecule has 0 bridgehead atoms. The van der Waals surface area contributed by atoms with E-state index in [0.717, 1.165) is 25.3 Å². The van der Waals surface area contributed by atoms with Crippen LogP contribution in [0.1, 0.15) is 36.5 Å². The maximum atomic E-state index is 12.1. The van der Waals surface area contributed by atoms with Gasteiger partial charge in [-0.25, -0.2) is 17.9 Å². The minimum atomic E-state index is -3.68. The third-order valence-electron chi connectivity index (χ3n) is 3.33. The summed E-state index contributed by atoms with van der Waals surface area (Å²) in [7, 11) is -3.68. The number of carbonyl (C=O) groups is 1. The summed E-state index contributed by atoms with van der Waals surface area (Å²) in [6.45, 7) is 2.42. The van der Waals surface area contributed by atoms with Crippen LogP contribution < -0.4 is 9.46 Å². The van der Waals surface area contributed by atoms with Crippen LogP contribution in [0.4, 0.5) is 0 Å². The van der Waals surface area contributed by atoms with Gasteiger partial charge in [0.15, 0.2) is 0 Å². The first-order chi connectivity index (χ1) is 9.94. The van der Waals surface area contributed by atoms with Gasteiger partial charge < -0.3 is 9.84 Å². The Bertz CT molecular complexity index is 622. The first-order valence-corrected chi connectivity index (χ1v) is 8.42. The number of ether oxygens (including phenoxy) is 1. The molecule has 7 heteroatoms. The lowest BCUT2D eigenvalue weighted by Gasteiger charge is -2.10. The molecule has 0 atom stereocenters. The van der Waals surface area contributed by atoms with Gasteiger partial charge in [-0.1, -0.05) is 12.8 Å². The molecule has 1 aromatic rings. The van der Waals surface area contributed by atoms with Crippen molar-refractivity contribution in [3.8, 4) is 5.75 Å². The van der Waals surface area contributed by atoms with Crippen molar-refractivity contribution in [1.82, 2.24) is 4.72 Å². The number of nitrogens with one attached hydrogen (secondary N) is 1. The van der Waals surface area contributed by atoms with E-state index in [4.69, 9.17) is 9.84 Å². The Morgan fingerprint density at radius 3 is 2.71 bits per heavy atom. The first kappa shape index (κ1) is 15.8. The largest absolute Gasteiger partial charge is 0.493 e. The molecule has 116 valence electrons. The van der Waals surface area contributed by atoms with E-state index < -0.39 is 16.0 Å². The summed E-state index contributed by atoms with van der Waals surface area (Å²) in [5.41, 5.74) is -0.151. The van der Waals surface area contributed by atoms with Crippen LogP contribution in [0.2, 0.25) is 0 Å². The molecule has 1 aromatic carbocycles. The van der Waals surface area contributed by atoms with Gasteiger partial charge in [0.2, 0.25) is 10.0 Å². The van der Waals surface area contributed by atoms with E-state index in [9.17, 15) is 13.2 Å². The lowest BCUT2D eigenvalue weighted by Crippen LogP contribution is -2.25. The zero-order chi connectivity index (χ0) is 15.5. The molecule has 0 saturated heterocycles. The third-order valence-corrected chi connectivity index (χ3v) is 4.79. The zero-order valence-electron chi connectivity index (χ0n) is 11.8. The first-order valence-electron chi connectivity index (χ1n) is 6.94. The van der Waals surface area contributed by atoms with Crippen molar-refractivity contribution >= 4 is 16.0 Å². The van der Waals surface area contributed by atoms with Crippen molar-refractivity contribution in [2.75, 3.05) is 13.2 Å². The molecular weight excluding hydrogens is 294 g/mol. The number of hydrogen-bond acceptors (Lipinski definition) is 4. The molecule has 0 radical (unpaired) electrons. The molecule has 0 aromatic heterocycles. The van der Waals surface area contributed by atoms with Crippen LogP contribution >= 0.6 is 0 Å². The molecule has 1 aliphatic carbocycles. The fourth-order valence-corrected chi connectivity index (χ4v) is 3.09. The van der Waals surface area contributed by atoms with Gasteiger partial charge in [0.25, 0.3) is 0 Å². The number of aromatic carboxylic acids is 1. The van der Waals surface area contributed by atoms with Crippen molar-refractivity contribution < 1.29 is 23.1 Å². The van der Waals surface area contributed by atoms with E-state index >= 15 is 0 Å². The molecule has 21 heavy (non-hydrogen) atoms. The van der Waals surface area contributed by atoms with Gasteiger partial charge in [-0.05, 0) is 37.5 Å². The average molecular weight is 313 g/mol. The normalized spacial score (nSPS) is 14.9. The second-order valence-corrected chi connectivity index (χ2v) is 6.79. The van der Waals surface area contributed by atoms with Crippen molar-refractivity contribution in [3.05, 3.63) is 23.8 Å². The standard InChI is InChI=1S/C14H19NO5S/c1-2-20-13-6-5-11(9-12(13)14(16)17)21(18,19)15-8-7-10-3-4-10/h5-6,9-10,15H,2-4,7-8H2,1H3,(H,16,17). The zero-order valence-corrected chi connectivity index (χ0v) is 12.6. The summed E-state index contributed by atoms with van der Waals surface area (Å²) < 4.78 is 32.0. The topological polar surface area (TPSA) is 92.7 Å². The highest BCUT2D eigenvalue weighted by atomic mass is 32.2. The summed E-state index contributed by atoms with van der Waals surface area (Å²) in [4.78, 5) is 11.1. The van der Waals surface area contributed by atoms with Gasteiger partial charge in [0.1, 0.15) is 11.3 Å². The van der Waals surface area contributed by atoms with Crippen LogP contribution in [0.25, 0.3) is 0 Å². The lowest BCUT2D eigenvalue weighted by molar-refractivity contribution is 0.0692. The molecule has 0 amide bonds. The number of hydrogen-bond donors (Lipinski definition) is 2. The Morgan fingerprint density at radius 2 is 2.14 bits per heavy atom. The van der Waals surface area contributed by atoms with Gasteiger partial charge in [-0.2, -0.15) is 0 Å². The van der Waals surface area contributed by atoms with E-state index in [1.54, 1.807) is 6.92 Å². The molecular formula is C14H19NO5S. The fraction of sp³-hybridized carbons (Fsp3) is 0.500. The number of carboxylic acid groups (broad SMARTS) is 1. The Morgan fingerprint density at radius 1 is 1.43 bits per heavy atom. The SMILES string of the molecule is CCOc1ccc(S(=O)(=O)NCCC2CC2)cc1C(=O)O. The molecule has 6 nitrogen and oxygen atoms in total. The van der Waals surface area contributed by atoms with Crippen molar-refractivity contribution in [1.29, 1.82) is 0 Å². The maximum Gasteiger partial charge on any atom is 0.339 e. The highest BCUT2D eigenvalue weighted by molar-refractivity contribution is 7.89. The van der Waals surface area contributed by atoms with Crippen LogP contribution in [0.3, 0.4) is 0 Å². The quantitative estimate of drug-likeness (QED) is 0.764. The minimum absolute atomic E-state index is 0.0563. The van der Waals surface area contributed by atoms with Crippen molar-refractivity contribution in [2.24, 2.45) is 5.92 Å². The highest BCUT2D eigenvalue weighted by Gasteiger charge is 2.23. The van der Waals surface area contributed by atoms with Gasteiger partial charge in [0.05, 0.1) is 11.5 Å². The molecule has 1 fully saturated rings. The van der Waals surface area contributed by atoms with Crippen molar-refractivity contribution in [2.45, 2.75) is 31.1 Å². The molecule has 2 rings (SSSR count). The summed E-state index contributed by atoms with van der Waals surface area (Å²) in [6.07, 6.45) is 3.14. The van der Waals surface area contributed by atoms with Crippen LogP contribution in [-0.2, 0) is 10.0 Å². The van der Waals surface area contributed by atoms with Crippen LogP contribution in [-0.4, -0.2) is 32.6 Å². The molecule has 0 aliphatic heterocycles. The minimum Gasteiger partial charge on any atom is -0.493 e. The van der Waals surface area contributed by atoms with E-state index in [-0.39, 0.29) is 16.2 Å². The number of carboxylic acids is 1. The van der Waals surface area contributed by atoms with Gasteiger partial charge in [-0.3, -0.25) is 0 Å². The molecule has 0 spiro atoms. The van der Waals surface area contributed by atoms with E-state index in [1.165, 1.54) is 12.1 Å². The Labute approximate surface area is 124 Å². The molecule has 1 aliphatic rings. The number of benzene rings is 1. The van der Waals surface area contributed by atoms with Gasteiger partial charge in [-0.15, -0.1) is 0 Å². The van der Waals surface area contributed by atoms with E-state index in [2.05, 4.69) is 4.72 Å². The predicted molar refractivity (Wildman–Crippen MR) is 77.1 cm³/mol. The third kappa shape index (κ3) is 4.18. The van der Waals surface area contributed by atoms with Crippen molar-refractivity contribution in [3.63, 3.8) is 0 Å². The van der Waals surface area contributed by atoms with Crippen LogP contribution in [0, 0.1) is 5.92 Å². The lowest BCUT2D eigenvalue weighted by atomic mass is 10.2. The molecule has 0 unspecified atom stereocenters. The summed E-state index contributed by atoms with van der Waals surface area (Å²) in [5, 5.41) is 9.14. The van der Waals surface area contributed by atoms with Gasteiger partial charge >= 0.3 is 5.97 Å². The maximum absolute atomic E-state index is 12.1. The Hall–Kier alpha value is -1.60. The molecule has 1 saturated carbocycles. The monoisotopic (exact) mass is 313 g/mol. The average Bonchev–Trinajstić information content (AvgIpc) is 3.23. The second kappa shape index (κ2) is 6.44. The smallest absolute Gasteiger partial charge is 0.339 e. The van der Waals surface area contributed by atoms with Crippen LogP contribution in [0.15, 0.2) is 23.1 Å². The summed E-state index contributed by atoms with van der Waals surface area (Å²) in [6, 6.07) is 3.87. The molecule has 0 heterocycles. The van der Waals surface area contributed by atoms with Crippen LogP contribution in [0.5, 0.6) is 5.75 Å². The fourth-order valence-electron chi connectivity index (χ4n) is 2.01. The predicted octanol–water partition coefficient (Wildman–Crippen LogP) is 1.86. The summed E-state index contributed by atoms with van der Waals surface area (Å²) in [5.74, 6) is -0.418. The highest BCUT2D eigenvalue weighted by Crippen LogP contribution is 2.32. The number of sulfonamides is 1. The second-order valence-electron chi connectivity index (χ2n) is 5.03. The number of rotatable bonds is 8. The molecule has 2 N–H and O–H groups in total.